The van der Waals surface area contributed by atoms with Crippen LogP contribution < -0.4 is 11.1 Å². The second-order valence-electron chi connectivity index (χ2n) is 3.27. The molecular weight excluding hydrogens is 178 g/mol. The summed E-state index contributed by atoms with van der Waals surface area (Å²) in [4.78, 5) is 15.3. The molecule has 0 aromatic carbocycles. The van der Waals surface area contributed by atoms with E-state index in [0.29, 0.717) is 6.54 Å². The third kappa shape index (κ3) is 2.81. The van der Waals surface area contributed by atoms with Gasteiger partial charge in [0.2, 0.25) is 5.91 Å². The van der Waals surface area contributed by atoms with Crippen molar-refractivity contribution in [3.63, 3.8) is 0 Å². The van der Waals surface area contributed by atoms with Gasteiger partial charge in [0.25, 0.3) is 0 Å². The maximum Gasteiger partial charge on any atom is 0.236 e. The number of nitrogens with zero attached hydrogens (tertiary/aromatic N) is 1. The van der Waals surface area contributed by atoms with E-state index in [1.54, 1.807) is 13.1 Å². The highest BCUT2D eigenvalue weighted by atomic mass is 16.2. The predicted octanol–water partition coefficient (Wildman–Crippen LogP) is 0.353. The van der Waals surface area contributed by atoms with Crippen molar-refractivity contribution in [3.8, 4) is 0 Å². The zero-order valence-corrected chi connectivity index (χ0v) is 8.45. The molecule has 1 atom stereocenters. The fourth-order valence-corrected chi connectivity index (χ4v) is 1.04. The van der Waals surface area contributed by atoms with Crippen molar-refractivity contribution in [2.75, 3.05) is 0 Å². The van der Waals surface area contributed by atoms with Gasteiger partial charge in [-0.15, -0.1) is 0 Å². The lowest BCUT2D eigenvalue weighted by Crippen LogP contribution is -2.38. The van der Waals surface area contributed by atoms with E-state index in [-0.39, 0.29) is 5.91 Å². The Bertz CT molecular complexity index is 323. The average Bonchev–Trinajstić information content (AvgIpc) is 2.16. The molecule has 1 amide bonds. The SMILES string of the molecule is Cc1cccnc1CNC(=O)[C@H](C)N. The molecule has 4 heteroatoms. The molecule has 3 N–H and O–H groups in total. The smallest absolute Gasteiger partial charge is 0.236 e. The molecule has 4 nitrogen and oxygen atoms in total. The summed E-state index contributed by atoms with van der Waals surface area (Å²) in [5.41, 5.74) is 7.35. The van der Waals surface area contributed by atoms with E-state index in [4.69, 9.17) is 5.73 Å². The highest BCUT2D eigenvalue weighted by molar-refractivity contribution is 5.80. The molecule has 0 spiro atoms. The number of carbonyl (C=O) groups excluding carboxylic acids is 1. The van der Waals surface area contributed by atoms with Gasteiger partial charge in [0.1, 0.15) is 0 Å². The van der Waals surface area contributed by atoms with Gasteiger partial charge < -0.3 is 11.1 Å². The molecule has 0 aliphatic rings. The second kappa shape index (κ2) is 4.72. The van der Waals surface area contributed by atoms with Crippen LogP contribution in [0.4, 0.5) is 0 Å². The van der Waals surface area contributed by atoms with E-state index < -0.39 is 6.04 Å². The monoisotopic (exact) mass is 193 g/mol. The number of amides is 1. The van der Waals surface area contributed by atoms with Crippen LogP contribution in [0.3, 0.4) is 0 Å². The first kappa shape index (κ1) is 10.7. The average molecular weight is 193 g/mol. The van der Waals surface area contributed by atoms with Gasteiger partial charge in [0.05, 0.1) is 18.3 Å². The number of aryl methyl sites for hydroxylation is 1. The lowest BCUT2D eigenvalue weighted by molar-refractivity contribution is -0.122. The van der Waals surface area contributed by atoms with Crippen molar-refractivity contribution in [3.05, 3.63) is 29.6 Å². The number of hydrogen-bond donors (Lipinski definition) is 2. The topological polar surface area (TPSA) is 68.0 Å². The Morgan fingerprint density at radius 2 is 2.43 bits per heavy atom. The van der Waals surface area contributed by atoms with Crippen LogP contribution in [-0.2, 0) is 11.3 Å². The molecule has 0 fully saturated rings. The third-order valence-corrected chi connectivity index (χ3v) is 1.96. The largest absolute Gasteiger partial charge is 0.349 e. The van der Waals surface area contributed by atoms with E-state index in [9.17, 15) is 4.79 Å². The van der Waals surface area contributed by atoms with Crippen molar-refractivity contribution in [1.29, 1.82) is 0 Å². The van der Waals surface area contributed by atoms with Gasteiger partial charge in [-0.2, -0.15) is 0 Å². The molecule has 0 unspecified atom stereocenters. The van der Waals surface area contributed by atoms with Crippen LogP contribution in [0.25, 0.3) is 0 Å². The van der Waals surface area contributed by atoms with Crippen LogP contribution in [0.1, 0.15) is 18.2 Å². The molecule has 1 heterocycles. The van der Waals surface area contributed by atoms with E-state index >= 15 is 0 Å². The molecular formula is C10H15N3O. The summed E-state index contributed by atoms with van der Waals surface area (Å²) >= 11 is 0. The van der Waals surface area contributed by atoms with E-state index in [1.807, 2.05) is 19.1 Å². The summed E-state index contributed by atoms with van der Waals surface area (Å²) in [6.07, 6.45) is 1.71. The quantitative estimate of drug-likeness (QED) is 0.728. The number of nitrogens with two attached hydrogens (primary N) is 1. The van der Waals surface area contributed by atoms with Crippen molar-refractivity contribution in [2.45, 2.75) is 26.4 Å². The minimum atomic E-state index is -0.473. The molecule has 1 aromatic heterocycles. The van der Waals surface area contributed by atoms with Crippen molar-refractivity contribution >= 4 is 5.91 Å². The van der Waals surface area contributed by atoms with Crippen molar-refractivity contribution < 1.29 is 4.79 Å². The van der Waals surface area contributed by atoms with Crippen LogP contribution in [0, 0.1) is 6.92 Å². The summed E-state index contributed by atoms with van der Waals surface area (Å²) in [6.45, 7) is 4.05. The first-order valence-corrected chi connectivity index (χ1v) is 4.55. The number of carbonyl (C=O) groups is 1. The van der Waals surface area contributed by atoms with Crippen LogP contribution in [0.5, 0.6) is 0 Å². The summed E-state index contributed by atoms with van der Waals surface area (Å²) < 4.78 is 0. The molecule has 0 aliphatic carbocycles. The molecule has 0 radical (unpaired) electrons. The minimum Gasteiger partial charge on any atom is -0.349 e. The third-order valence-electron chi connectivity index (χ3n) is 1.96. The highest BCUT2D eigenvalue weighted by Crippen LogP contribution is 2.01. The predicted molar refractivity (Wildman–Crippen MR) is 54.5 cm³/mol. The molecule has 1 rings (SSSR count). The second-order valence-corrected chi connectivity index (χ2v) is 3.27. The standard InChI is InChI=1S/C10H15N3O/c1-7-4-3-5-12-9(7)6-13-10(14)8(2)11/h3-5,8H,6,11H2,1-2H3,(H,13,14)/t8-/m0/s1. The Balaban J connectivity index is 2.54. The van der Waals surface area contributed by atoms with E-state index in [2.05, 4.69) is 10.3 Å². The van der Waals surface area contributed by atoms with Crippen molar-refractivity contribution in [1.82, 2.24) is 10.3 Å². The number of nitrogens with one attached hydrogen (secondary N) is 1. The van der Waals surface area contributed by atoms with Crippen LogP contribution in [0.2, 0.25) is 0 Å². The lowest BCUT2D eigenvalue weighted by atomic mass is 10.2. The fourth-order valence-electron chi connectivity index (χ4n) is 1.04. The van der Waals surface area contributed by atoms with Gasteiger partial charge in [-0.25, -0.2) is 0 Å². The summed E-state index contributed by atoms with van der Waals surface area (Å²) in [5, 5.41) is 2.71. The van der Waals surface area contributed by atoms with Gasteiger partial charge in [-0.3, -0.25) is 9.78 Å². The zero-order valence-electron chi connectivity index (χ0n) is 8.45. The maximum absolute atomic E-state index is 11.2. The summed E-state index contributed by atoms with van der Waals surface area (Å²) in [7, 11) is 0. The minimum absolute atomic E-state index is 0.157. The summed E-state index contributed by atoms with van der Waals surface area (Å²) in [5.74, 6) is -0.157. The van der Waals surface area contributed by atoms with Crippen LogP contribution in [0.15, 0.2) is 18.3 Å². The first-order chi connectivity index (χ1) is 6.61. The van der Waals surface area contributed by atoms with Gasteiger partial charge in [0.15, 0.2) is 0 Å². The Labute approximate surface area is 83.5 Å². The van der Waals surface area contributed by atoms with Gasteiger partial charge >= 0.3 is 0 Å². The van der Waals surface area contributed by atoms with Gasteiger partial charge in [0, 0.05) is 6.20 Å². The highest BCUT2D eigenvalue weighted by Gasteiger charge is 2.07. The number of hydrogen-bond acceptors (Lipinski definition) is 3. The molecule has 0 bridgehead atoms. The normalized spacial score (nSPS) is 12.2. The van der Waals surface area contributed by atoms with Crippen LogP contribution >= 0.6 is 0 Å². The molecule has 0 aliphatic heterocycles. The number of aromatic nitrogens is 1. The fraction of sp³-hybridized carbons (Fsp3) is 0.400. The Morgan fingerprint density at radius 1 is 1.71 bits per heavy atom. The maximum atomic E-state index is 11.2. The molecule has 0 saturated carbocycles. The van der Waals surface area contributed by atoms with Gasteiger partial charge in [-0.05, 0) is 25.5 Å². The molecule has 76 valence electrons. The number of rotatable bonds is 3. The van der Waals surface area contributed by atoms with E-state index in [0.717, 1.165) is 11.3 Å². The first-order valence-electron chi connectivity index (χ1n) is 4.55. The molecule has 14 heavy (non-hydrogen) atoms. The molecule has 1 aromatic rings. The van der Waals surface area contributed by atoms with Crippen molar-refractivity contribution in [2.24, 2.45) is 5.73 Å². The van der Waals surface area contributed by atoms with Crippen LogP contribution in [-0.4, -0.2) is 16.9 Å². The van der Waals surface area contributed by atoms with Gasteiger partial charge in [-0.1, -0.05) is 6.07 Å². The number of pyridine rings is 1. The Morgan fingerprint density at radius 3 is 3.00 bits per heavy atom. The zero-order chi connectivity index (χ0) is 10.6. The Hall–Kier alpha value is -1.42. The van der Waals surface area contributed by atoms with E-state index in [1.165, 1.54) is 0 Å². The summed E-state index contributed by atoms with van der Waals surface area (Å²) in [6, 6.07) is 3.35. The Kier molecular flexibility index (Phi) is 3.59. The lowest BCUT2D eigenvalue weighted by Gasteiger charge is -2.08. The molecule has 0 saturated heterocycles.